The van der Waals surface area contributed by atoms with E-state index >= 15 is 0 Å². The Balaban J connectivity index is 1.91. The molecule has 27 heavy (non-hydrogen) atoms. The number of benzene rings is 1. The number of nitrogens with zero attached hydrogens (tertiary/aromatic N) is 1. The van der Waals surface area contributed by atoms with Gasteiger partial charge in [0.15, 0.2) is 0 Å². The second kappa shape index (κ2) is 7.13. The number of aromatic amines is 1. The molecule has 1 N–H and O–H groups in total. The molecule has 2 aliphatic rings. The first-order valence-electron chi connectivity index (χ1n) is 9.64. The summed E-state index contributed by atoms with van der Waals surface area (Å²) in [5.74, 6) is -0.165. The number of ether oxygens (including phenoxy) is 2. The molecule has 4 rings (SSSR count). The highest BCUT2D eigenvalue weighted by atomic mass is 16.5. The van der Waals surface area contributed by atoms with Crippen LogP contribution in [0.1, 0.15) is 30.7 Å². The number of para-hydroxylation sites is 1. The second-order valence-electron chi connectivity index (χ2n) is 7.73. The molecule has 0 spiro atoms. The van der Waals surface area contributed by atoms with Gasteiger partial charge in [-0.15, -0.1) is 0 Å². The van der Waals surface area contributed by atoms with E-state index in [1.807, 2.05) is 6.07 Å². The Bertz CT molecular complexity index is 885. The van der Waals surface area contributed by atoms with Crippen LogP contribution in [0.25, 0.3) is 10.9 Å². The maximum atomic E-state index is 12.8. The third-order valence-corrected chi connectivity index (χ3v) is 6.50. The van der Waals surface area contributed by atoms with Crippen LogP contribution in [-0.2, 0) is 20.7 Å². The average molecular weight is 368 g/mol. The van der Waals surface area contributed by atoms with Gasteiger partial charge in [0.05, 0.1) is 19.1 Å². The molecule has 0 amide bonds. The van der Waals surface area contributed by atoms with Crippen molar-refractivity contribution in [2.45, 2.75) is 31.9 Å². The number of carbonyl (C=O) groups is 1. The summed E-state index contributed by atoms with van der Waals surface area (Å²) in [5.41, 5.74) is 4.85. The Hall–Kier alpha value is -2.11. The Morgan fingerprint density at radius 3 is 2.78 bits per heavy atom. The van der Waals surface area contributed by atoms with Crippen molar-refractivity contribution >= 4 is 16.9 Å². The van der Waals surface area contributed by atoms with Gasteiger partial charge in [-0.2, -0.15) is 0 Å². The first kappa shape index (κ1) is 18.3. The molecule has 5 nitrogen and oxygen atoms in total. The zero-order chi connectivity index (χ0) is 19.1. The van der Waals surface area contributed by atoms with Crippen molar-refractivity contribution in [3.8, 4) is 0 Å². The molecule has 2 bridgehead atoms. The van der Waals surface area contributed by atoms with Crippen LogP contribution in [-0.4, -0.2) is 49.7 Å². The smallest absolute Gasteiger partial charge is 0.310 e. The van der Waals surface area contributed by atoms with Gasteiger partial charge < -0.3 is 14.5 Å². The highest BCUT2D eigenvalue weighted by molar-refractivity contribution is 5.85. The first-order chi connectivity index (χ1) is 13.1. The van der Waals surface area contributed by atoms with E-state index in [0.29, 0.717) is 0 Å². The van der Waals surface area contributed by atoms with E-state index in [1.54, 1.807) is 7.11 Å². The van der Waals surface area contributed by atoms with E-state index in [2.05, 4.69) is 48.1 Å². The first-order valence-corrected chi connectivity index (χ1v) is 9.64. The Labute approximate surface area is 160 Å². The van der Waals surface area contributed by atoms with Crippen LogP contribution in [0, 0.1) is 11.8 Å². The molecule has 1 aromatic carbocycles. The highest BCUT2D eigenvalue weighted by Crippen LogP contribution is 2.45. The monoisotopic (exact) mass is 368 g/mol. The summed E-state index contributed by atoms with van der Waals surface area (Å²) in [6.45, 7) is 2.94. The van der Waals surface area contributed by atoms with Crippen molar-refractivity contribution in [2.24, 2.45) is 11.8 Å². The molecule has 2 heterocycles. The van der Waals surface area contributed by atoms with Crippen molar-refractivity contribution in [1.82, 2.24) is 9.88 Å². The predicted molar refractivity (Wildman–Crippen MR) is 106 cm³/mol. The molecule has 1 saturated heterocycles. The standard InChI is InChI=1S/C22H28N2O3/c1-5-13-12-24(2)18-10-16-14-8-6-7-9-17(14)23-21(16)19(26-3)11-15(13)20(18)22(25)27-4/h5-9,15,18-20,23H,10-12H2,1-4H3/b13-5-/t15-,18-,19+,20+/m0/s1. The molecule has 0 saturated carbocycles. The van der Waals surface area contributed by atoms with Gasteiger partial charge >= 0.3 is 5.97 Å². The molecular formula is C22H28N2O3. The summed E-state index contributed by atoms with van der Waals surface area (Å²) < 4.78 is 11.2. The number of likely N-dealkylation sites (tertiary alicyclic amines) is 1. The average Bonchev–Trinajstić information content (AvgIpc) is 3.04. The number of methoxy groups -OCH3 is 2. The van der Waals surface area contributed by atoms with Crippen LogP contribution in [0.2, 0.25) is 0 Å². The number of piperidine rings is 1. The van der Waals surface area contributed by atoms with E-state index in [1.165, 1.54) is 23.6 Å². The van der Waals surface area contributed by atoms with E-state index in [4.69, 9.17) is 9.47 Å². The number of likely N-dealkylation sites (N-methyl/N-ethyl adjacent to an activating group) is 1. The fraction of sp³-hybridized carbons (Fsp3) is 0.500. The lowest BCUT2D eigenvalue weighted by atomic mass is 9.70. The van der Waals surface area contributed by atoms with Crippen molar-refractivity contribution in [3.05, 3.63) is 47.2 Å². The van der Waals surface area contributed by atoms with E-state index in [-0.39, 0.29) is 30.0 Å². The van der Waals surface area contributed by atoms with Gasteiger partial charge in [-0.3, -0.25) is 9.69 Å². The molecule has 2 aromatic rings. The van der Waals surface area contributed by atoms with Crippen LogP contribution in [0.4, 0.5) is 0 Å². The number of allylic oxidation sites excluding steroid dienone is 1. The van der Waals surface area contributed by atoms with Crippen LogP contribution >= 0.6 is 0 Å². The van der Waals surface area contributed by atoms with Gasteiger partial charge in [-0.05, 0) is 44.4 Å². The molecule has 144 valence electrons. The number of hydrogen-bond acceptors (Lipinski definition) is 4. The van der Waals surface area contributed by atoms with Crippen LogP contribution in [0.3, 0.4) is 0 Å². The van der Waals surface area contributed by atoms with Crippen molar-refractivity contribution in [2.75, 3.05) is 27.8 Å². The number of fused-ring (bicyclic) bond motifs is 5. The minimum Gasteiger partial charge on any atom is -0.469 e. The van der Waals surface area contributed by atoms with E-state index < -0.39 is 0 Å². The quantitative estimate of drug-likeness (QED) is 0.651. The minimum atomic E-state index is -0.181. The summed E-state index contributed by atoms with van der Waals surface area (Å²) in [5, 5.41) is 1.22. The summed E-state index contributed by atoms with van der Waals surface area (Å²) in [6.07, 6.45) is 3.68. The molecular weight excluding hydrogens is 340 g/mol. The fourth-order valence-corrected chi connectivity index (χ4v) is 5.13. The van der Waals surface area contributed by atoms with E-state index in [0.717, 1.165) is 30.6 Å². The molecule has 4 atom stereocenters. The summed E-state index contributed by atoms with van der Waals surface area (Å²) >= 11 is 0. The van der Waals surface area contributed by atoms with Gasteiger partial charge in [0, 0.05) is 36.3 Å². The maximum Gasteiger partial charge on any atom is 0.310 e. The highest BCUT2D eigenvalue weighted by Gasteiger charge is 2.47. The predicted octanol–water partition coefficient (Wildman–Crippen LogP) is 3.47. The van der Waals surface area contributed by atoms with E-state index in [9.17, 15) is 4.79 Å². The molecule has 1 aromatic heterocycles. The van der Waals surface area contributed by atoms with Crippen LogP contribution < -0.4 is 0 Å². The third-order valence-electron chi connectivity index (χ3n) is 6.50. The minimum absolute atomic E-state index is 0.0659. The Morgan fingerprint density at radius 2 is 2.07 bits per heavy atom. The van der Waals surface area contributed by atoms with Crippen molar-refractivity contribution < 1.29 is 14.3 Å². The number of carbonyl (C=O) groups excluding carboxylic acids is 1. The van der Waals surface area contributed by atoms with Gasteiger partial charge in [0.1, 0.15) is 0 Å². The number of nitrogens with one attached hydrogen (secondary N) is 1. The number of esters is 1. The van der Waals surface area contributed by atoms with Crippen LogP contribution in [0.5, 0.6) is 0 Å². The number of rotatable bonds is 2. The lowest BCUT2D eigenvalue weighted by Crippen LogP contribution is -2.53. The Kier molecular flexibility index (Phi) is 4.82. The molecule has 1 aliphatic heterocycles. The summed E-state index contributed by atoms with van der Waals surface area (Å²) in [7, 11) is 5.37. The number of hydrogen-bond donors (Lipinski definition) is 1. The van der Waals surface area contributed by atoms with Gasteiger partial charge in [0.25, 0.3) is 0 Å². The number of aromatic nitrogens is 1. The summed E-state index contributed by atoms with van der Waals surface area (Å²) in [6, 6.07) is 8.50. The lowest BCUT2D eigenvalue weighted by Gasteiger charge is -2.46. The van der Waals surface area contributed by atoms with Gasteiger partial charge in [0.2, 0.25) is 0 Å². The third kappa shape index (κ3) is 2.89. The van der Waals surface area contributed by atoms with Gasteiger partial charge in [-0.1, -0.05) is 29.8 Å². The zero-order valence-electron chi connectivity index (χ0n) is 16.5. The largest absolute Gasteiger partial charge is 0.469 e. The fourth-order valence-electron chi connectivity index (χ4n) is 5.13. The van der Waals surface area contributed by atoms with Crippen LogP contribution in [0.15, 0.2) is 35.9 Å². The molecule has 0 radical (unpaired) electrons. The Morgan fingerprint density at radius 1 is 1.30 bits per heavy atom. The van der Waals surface area contributed by atoms with Crippen molar-refractivity contribution in [1.29, 1.82) is 0 Å². The summed E-state index contributed by atoms with van der Waals surface area (Å²) in [4.78, 5) is 18.7. The van der Waals surface area contributed by atoms with Crippen molar-refractivity contribution in [3.63, 3.8) is 0 Å². The zero-order valence-corrected chi connectivity index (χ0v) is 16.5. The number of H-pyrrole nitrogens is 1. The molecule has 1 fully saturated rings. The molecule has 0 unspecified atom stereocenters. The molecule has 5 heteroatoms. The molecule has 1 aliphatic carbocycles. The van der Waals surface area contributed by atoms with Gasteiger partial charge in [-0.25, -0.2) is 0 Å². The topological polar surface area (TPSA) is 54.6 Å². The lowest BCUT2D eigenvalue weighted by molar-refractivity contribution is -0.151. The SMILES string of the molecule is C/C=C1/CN(C)[C@H]2Cc3c([nH]c4ccccc34)[C@H](OC)C[C@@H]1[C@H]2C(=O)OC. The maximum absolute atomic E-state index is 12.8. The normalized spacial score (nSPS) is 30.0. The second-order valence-corrected chi connectivity index (χ2v) is 7.73.